The van der Waals surface area contributed by atoms with Crippen molar-refractivity contribution in [2.24, 2.45) is 0 Å². The van der Waals surface area contributed by atoms with E-state index < -0.39 is 0 Å². The van der Waals surface area contributed by atoms with E-state index in [0.29, 0.717) is 18.6 Å². The van der Waals surface area contributed by atoms with Gasteiger partial charge in [-0.25, -0.2) is 4.39 Å². The number of hydrogen-bond donors (Lipinski definition) is 0. The fraction of sp³-hybridized carbons (Fsp3) is 0.188. The maximum atomic E-state index is 13.2. The summed E-state index contributed by atoms with van der Waals surface area (Å²) >= 11 is 0. The Morgan fingerprint density at radius 3 is 2.56 bits per heavy atom. The van der Waals surface area contributed by atoms with Gasteiger partial charge in [0.2, 0.25) is 0 Å². The molecule has 0 heterocycles. The Hall–Kier alpha value is -1.96. The molecule has 0 atom stereocenters. The maximum Gasteiger partial charge on any atom is 0.137 e. The molecule has 0 aromatic heterocycles. The predicted molar refractivity (Wildman–Crippen MR) is 68.9 cm³/mol. The molecular weight excluding hydrogens is 227 g/mol. The lowest BCUT2D eigenvalue weighted by atomic mass is 9.88. The van der Waals surface area contributed by atoms with Gasteiger partial charge in [-0.15, -0.1) is 0 Å². The smallest absolute Gasteiger partial charge is 0.137 e. The molecular formula is C16H13FO. The normalized spacial score (nSPS) is 14.4. The fourth-order valence-corrected chi connectivity index (χ4v) is 2.45. The van der Waals surface area contributed by atoms with Crippen LogP contribution in [0, 0.1) is 5.82 Å². The molecule has 0 spiro atoms. The minimum Gasteiger partial charge on any atom is -0.299 e. The van der Waals surface area contributed by atoms with Crippen molar-refractivity contribution in [2.75, 3.05) is 0 Å². The Balaban J connectivity index is 2.02. The summed E-state index contributed by atoms with van der Waals surface area (Å²) in [7, 11) is 0. The summed E-state index contributed by atoms with van der Waals surface area (Å²) in [5, 5.41) is 0. The van der Waals surface area contributed by atoms with E-state index in [1.54, 1.807) is 6.07 Å². The van der Waals surface area contributed by atoms with Crippen molar-refractivity contribution in [1.82, 2.24) is 0 Å². The van der Waals surface area contributed by atoms with Crippen LogP contribution in [0.15, 0.2) is 42.5 Å². The number of halogens is 1. The van der Waals surface area contributed by atoms with Gasteiger partial charge >= 0.3 is 0 Å². The molecule has 18 heavy (non-hydrogen) atoms. The second kappa shape index (κ2) is 4.37. The number of hydrogen-bond acceptors (Lipinski definition) is 1. The zero-order valence-corrected chi connectivity index (χ0v) is 9.95. The zero-order valence-electron chi connectivity index (χ0n) is 9.95. The minimum absolute atomic E-state index is 0.222. The zero-order chi connectivity index (χ0) is 12.5. The van der Waals surface area contributed by atoms with Gasteiger partial charge in [0.15, 0.2) is 0 Å². The first-order valence-electron chi connectivity index (χ1n) is 6.12. The monoisotopic (exact) mass is 240 g/mol. The van der Waals surface area contributed by atoms with Crippen LogP contribution in [0.5, 0.6) is 0 Å². The second-order valence-corrected chi connectivity index (χ2v) is 4.71. The van der Waals surface area contributed by atoms with E-state index in [9.17, 15) is 9.18 Å². The van der Waals surface area contributed by atoms with Gasteiger partial charge in [-0.05, 0) is 40.8 Å². The Kier molecular flexibility index (Phi) is 2.71. The van der Waals surface area contributed by atoms with E-state index in [1.165, 1.54) is 17.7 Å². The fourth-order valence-electron chi connectivity index (χ4n) is 2.45. The van der Waals surface area contributed by atoms with Gasteiger partial charge in [0, 0.05) is 12.8 Å². The molecule has 0 aliphatic heterocycles. The minimum atomic E-state index is -0.222. The predicted octanol–water partition coefficient (Wildman–Crippen LogP) is 3.55. The van der Waals surface area contributed by atoms with E-state index in [0.717, 1.165) is 23.1 Å². The molecule has 0 saturated heterocycles. The number of fused-ring (bicyclic) bond motifs is 1. The Bertz CT molecular complexity index is 616. The summed E-state index contributed by atoms with van der Waals surface area (Å²) in [6, 6.07) is 12.6. The lowest BCUT2D eigenvalue weighted by Gasteiger charge is -2.16. The van der Waals surface area contributed by atoms with Crippen LogP contribution in [0.4, 0.5) is 4.39 Å². The molecule has 1 aliphatic carbocycles. The summed E-state index contributed by atoms with van der Waals surface area (Å²) < 4.78 is 13.2. The molecule has 1 nitrogen and oxygen atoms in total. The van der Waals surface area contributed by atoms with Crippen LogP contribution in [0.3, 0.4) is 0 Å². The highest BCUT2D eigenvalue weighted by molar-refractivity contribution is 5.83. The molecule has 2 heteroatoms. The van der Waals surface area contributed by atoms with Crippen molar-refractivity contribution in [3.8, 4) is 11.1 Å². The number of benzene rings is 2. The maximum absolute atomic E-state index is 13.2. The molecule has 0 N–H and O–H groups in total. The topological polar surface area (TPSA) is 17.1 Å². The molecule has 1 aliphatic rings. The summed E-state index contributed by atoms with van der Waals surface area (Å²) in [4.78, 5) is 11.4. The molecule has 0 amide bonds. The highest BCUT2D eigenvalue weighted by Gasteiger charge is 2.15. The lowest BCUT2D eigenvalue weighted by molar-refractivity contribution is -0.118. The van der Waals surface area contributed by atoms with Crippen LogP contribution >= 0.6 is 0 Å². The van der Waals surface area contributed by atoms with Gasteiger partial charge in [0.05, 0.1) is 0 Å². The molecule has 0 saturated carbocycles. The third-order valence-electron chi connectivity index (χ3n) is 3.43. The quantitative estimate of drug-likeness (QED) is 0.745. The molecule has 3 rings (SSSR count). The van der Waals surface area contributed by atoms with Gasteiger partial charge in [-0.3, -0.25) is 4.79 Å². The Labute approximate surface area is 105 Å². The Morgan fingerprint density at radius 1 is 0.889 bits per heavy atom. The third-order valence-corrected chi connectivity index (χ3v) is 3.43. The molecule has 2 aromatic carbocycles. The lowest BCUT2D eigenvalue weighted by Crippen LogP contribution is -2.12. The van der Waals surface area contributed by atoms with Crippen LogP contribution in [0.25, 0.3) is 11.1 Å². The number of carbonyl (C=O) groups excluding carboxylic acids is 1. The molecule has 0 bridgehead atoms. The number of ketones is 1. The number of rotatable bonds is 1. The largest absolute Gasteiger partial charge is 0.299 e. The van der Waals surface area contributed by atoms with Crippen molar-refractivity contribution in [3.05, 3.63) is 59.4 Å². The van der Waals surface area contributed by atoms with E-state index in [4.69, 9.17) is 0 Å². The van der Waals surface area contributed by atoms with E-state index >= 15 is 0 Å². The van der Waals surface area contributed by atoms with Crippen LogP contribution in [0.2, 0.25) is 0 Å². The summed E-state index contributed by atoms with van der Waals surface area (Å²) in [5.41, 5.74) is 4.24. The SMILES string of the molecule is O=C1CCc2cc(-c3cccc(F)c3)ccc2C1. The van der Waals surface area contributed by atoms with Crippen molar-refractivity contribution >= 4 is 5.78 Å². The van der Waals surface area contributed by atoms with Gasteiger partial charge in [0.25, 0.3) is 0 Å². The molecule has 2 aromatic rings. The average Bonchev–Trinajstić information content (AvgIpc) is 2.38. The molecule has 0 unspecified atom stereocenters. The summed E-state index contributed by atoms with van der Waals surface area (Å²) in [5.74, 6) is 0.0846. The van der Waals surface area contributed by atoms with Gasteiger partial charge in [-0.2, -0.15) is 0 Å². The van der Waals surface area contributed by atoms with Crippen LogP contribution in [0.1, 0.15) is 17.5 Å². The summed E-state index contributed by atoms with van der Waals surface area (Å²) in [6.07, 6.45) is 1.97. The number of Topliss-reactive ketones (excluding diaryl/α,β-unsaturated/α-hetero) is 1. The van der Waals surface area contributed by atoms with Crippen molar-refractivity contribution in [3.63, 3.8) is 0 Å². The van der Waals surface area contributed by atoms with Crippen molar-refractivity contribution in [2.45, 2.75) is 19.3 Å². The summed E-state index contributed by atoms with van der Waals surface area (Å²) in [6.45, 7) is 0. The average molecular weight is 240 g/mol. The van der Waals surface area contributed by atoms with E-state index in [1.807, 2.05) is 18.2 Å². The Morgan fingerprint density at radius 2 is 1.72 bits per heavy atom. The first-order valence-corrected chi connectivity index (χ1v) is 6.12. The molecule has 0 fully saturated rings. The highest BCUT2D eigenvalue weighted by Crippen LogP contribution is 2.26. The number of carbonyl (C=O) groups is 1. The van der Waals surface area contributed by atoms with Crippen LogP contribution in [-0.2, 0) is 17.6 Å². The standard InChI is InChI=1S/C16H13FO/c17-15-3-1-2-11(9-15)12-4-5-14-10-16(18)7-6-13(14)8-12/h1-5,8-9H,6-7,10H2. The molecule has 0 radical (unpaired) electrons. The highest BCUT2D eigenvalue weighted by atomic mass is 19.1. The molecule has 90 valence electrons. The van der Waals surface area contributed by atoms with Gasteiger partial charge in [-0.1, -0.05) is 30.3 Å². The van der Waals surface area contributed by atoms with E-state index in [2.05, 4.69) is 6.07 Å². The van der Waals surface area contributed by atoms with Crippen molar-refractivity contribution < 1.29 is 9.18 Å². The number of aryl methyl sites for hydroxylation is 1. The van der Waals surface area contributed by atoms with Crippen LogP contribution < -0.4 is 0 Å². The second-order valence-electron chi connectivity index (χ2n) is 4.71. The van der Waals surface area contributed by atoms with Gasteiger partial charge in [0.1, 0.15) is 11.6 Å². The van der Waals surface area contributed by atoms with Crippen molar-refractivity contribution in [1.29, 1.82) is 0 Å². The third kappa shape index (κ3) is 2.06. The first-order chi connectivity index (χ1) is 8.72. The van der Waals surface area contributed by atoms with E-state index in [-0.39, 0.29) is 5.82 Å². The van der Waals surface area contributed by atoms with Crippen LogP contribution in [-0.4, -0.2) is 5.78 Å². The van der Waals surface area contributed by atoms with Gasteiger partial charge < -0.3 is 0 Å². The first kappa shape index (κ1) is 11.1.